The third-order valence-electron chi connectivity index (χ3n) is 4.64. The van der Waals surface area contributed by atoms with Gasteiger partial charge in [-0.2, -0.15) is 23.0 Å². The van der Waals surface area contributed by atoms with E-state index < -0.39 is 17.3 Å². The van der Waals surface area contributed by atoms with Crippen LogP contribution in [0, 0.1) is 5.92 Å². The predicted octanol–water partition coefficient (Wildman–Crippen LogP) is 3.94. The van der Waals surface area contributed by atoms with Crippen LogP contribution in [0.25, 0.3) is 5.82 Å². The molecule has 0 unspecified atom stereocenters. The number of anilines is 1. The molecule has 0 aromatic carbocycles. The standard InChI is InChI=1S/C19H22ClF3N4O2/c1-12(2)11-29-14-5-7-26(8-6-14)15-10-25-27(18(28)17(15)20)16-4-3-13(9-24-16)19(21,22)23/h3-4,9-10,12,14H,5-8,11H2,1-2H3. The molecule has 1 aliphatic rings. The largest absolute Gasteiger partial charge is 0.417 e. The maximum absolute atomic E-state index is 12.7. The Balaban J connectivity index is 1.74. The molecule has 3 heterocycles. The van der Waals surface area contributed by atoms with Crippen LogP contribution in [0.3, 0.4) is 0 Å². The van der Waals surface area contributed by atoms with Gasteiger partial charge in [0, 0.05) is 25.9 Å². The van der Waals surface area contributed by atoms with Crippen molar-refractivity contribution in [3.05, 3.63) is 45.5 Å². The van der Waals surface area contributed by atoms with Gasteiger partial charge >= 0.3 is 6.18 Å². The number of rotatable bonds is 5. The molecule has 10 heteroatoms. The summed E-state index contributed by atoms with van der Waals surface area (Å²) < 4.78 is 44.8. The van der Waals surface area contributed by atoms with E-state index in [0.29, 0.717) is 37.5 Å². The summed E-state index contributed by atoms with van der Waals surface area (Å²) in [7, 11) is 0. The lowest BCUT2D eigenvalue weighted by atomic mass is 10.1. The average Bonchev–Trinajstić information content (AvgIpc) is 2.68. The highest BCUT2D eigenvalue weighted by molar-refractivity contribution is 6.33. The van der Waals surface area contributed by atoms with Crippen molar-refractivity contribution in [2.75, 3.05) is 24.6 Å². The molecule has 6 nitrogen and oxygen atoms in total. The number of pyridine rings is 1. The van der Waals surface area contributed by atoms with Gasteiger partial charge in [-0.3, -0.25) is 4.79 Å². The fourth-order valence-corrected chi connectivity index (χ4v) is 3.33. The van der Waals surface area contributed by atoms with Crippen LogP contribution >= 0.6 is 11.6 Å². The number of nitrogens with zero attached hydrogens (tertiary/aromatic N) is 4. The molecule has 0 aliphatic carbocycles. The summed E-state index contributed by atoms with van der Waals surface area (Å²) in [5.74, 6) is 0.440. The highest BCUT2D eigenvalue weighted by Gasteiger charge is 2.31. The molecule has 0 atom stereocenters. The Morgan fingerprint density at radius 3 is 2.48 bits per heavy atom. The molecule has 0 amide bonds. The number of alkyl halides is 3. The van der Waals surface area contributed by atoms with Gasteiger partial charge in [0.1, 0.15) is 5.02 Å². The minimum absolute atomic E-state index is 0.0303. The number of halogens is 4. The maximum Gasteiger partial charge on any atom is 0.417 e. The smallest absolute Gasteiger partial charge is 0.378 e. The third kappa shape index (κ3) is 5.08. The summed E-state index contributed by atoms with van der Waals surface area (Å²) in [6.07, 6.45) is -0.599. The molecule has 0 N–H and O–H groups in total. The van der Waals surface area contributed by atoms with Gasteiger partial charge in [0.15, 0.2) is 5.82 Å². The molecule has 0 radical (unpaired) electrons. The van der Waals surface area contributed by atoms with Crippen molar-refractivity contribution in [2.24, 2.45) is 5.92 Å². The number of hydrogen-bond donors (Lipinski definition) is 0. The van der Waals surface area contributed by atoms with E-state index >= 15 is 0 Å². The number of aromatic nitrogens is 3. The molecule has 158 valence electrons. The molecule has 2 aromatic rings. The van der Waals surface area contributed by atoms with Crippen LogP contribution in [0.2, 0.25) is 5.02 Å². The molecular formula is C19H22ClF3N4O2. The number of hydrogen-bond acceptors (Lipinski definition) is 5. The summed E-state index contributed by atoms with van der Waals surface area (Å²) in [6, 6.07) is 1.94. The number of ether oxygens (including phenoxy) is 1. The second-order valence-electron chi connectivity index (χ2n) is 7.38. The lowest BCUT2D eigenvalue weighted by Crippen LogP contribution is -2.38. The van der Waals surface area contributed by atoms with Crippen molar-refractivity contribution in [2.45, 2.75) is 39.0 Å². The topological polar surface area (TPSA) is 60.2 Å². The van der Waals surface area contributed by atoms with Crippen LogP contribution in [0.1, 0.15) is 32.3 Å². The van der Waals surface area contributed by atoms with Crippen LogP contribution in [0.15, 0.2) is 29.3 Å². The quantitative estimate of drug-likeness (QED) is 0.719. The summed E-state index contributed by atoms with van der Waals surface area (Å²) >= 11 is 6.27. The second-order valence-corrected chi connectivity index (χ2v) is 7.76. The lowest BCUT2D eigenvalue weighted by molar-refractivity contribution is -0.137. The van der Waals surface area contributed by atoms with E-state index in [9.17, 15) is 18.0 Å². The van der Waals surface area contributed by atoms with Gasteiger partial charge in [0.25, 0.3) is 5.56 Å². The summed E-state index contributed by atoms with van der Waals surface area (Å²) in [5.41, 5.74) is -1.03. The highest BCUT2D eigenvalue weighted by atomic mass is 35.5. The van der Waals surface area contributed by atoms with E-state index in [1.54, 1.807) is 0 Å². The molecule has 1 saturated heterocycles. The molecular weight excluding hydrogens is 409 g/mol. The van der Waals surface area contributed by atoms with Gasteiger partial charge in [-0.25, -0.2) is 4.98 Å². The zero-order valence-corrected chi connectivity index (χ0v) is 16.9. The molecule has 1 aliphatic heterocycles. The molecule has 0 spiro atoms. The van der Waals surface area contributed by atoms with Crippen LogP contribution < -0.4 is 10.5 Å². The summed E-state index contributed by atoms with van der Waals surface area (Å²) in [6.45, 7) is 6.25. The average molecular weight is 431 g/mol. The summed E-state index contributed by atoms with van der Waals surface area (Å²) in [5, 5.41) is 4.02. The molecule has 2 aromatic heterocycles. The van der Waals surface area contributed by atoms with Gasteiger partial charge < -0.3 is 9.64 Å². The monoisotopic (exact) mass is 430 g/mol. The minimum Gasteiger partial charge on any atom is -0.378 e. The van der Waals surface area contributed by atoms with Crippen LogP contribution in [-0.2, 0) is 10.9 Å². The first-order chi connectivity index (χ1) is 13.7. The normalized spacial score (nSPS) is 15.9. The zero-order chi connectivity index (χ0) is 21.2. The lowest BCUT2D eigenvalue weighted by Gasteiger charge is -2.33. The van der Waals surface area contributed by atoms with Gasteiger partial charge in [0.2, 0.25) is 0 Å². The van der Waals surface area contributed by atoms with Gasteiger partial charge in [-0.1, -0.05) is 25.4 Å². The van der Waals surface area contributed by atoms with Crippen molar-refractivity contribution in [1.29, 1.82) is 0 Å². The first-order valence-corrected chi connectivity index (χ1v) is 9.72. The predicted molar refractivity (Wildman–Crippen MR) is 104 cm³/mol. The van der Waals surface area contributed by atoms with Crippen LogP contribution in [-0.4, -0.2) is 40.6 Å². The van der Waals surface area contributed by atoms with Gasteiger partial charge in [-0.15, -0.1) is 0 Å². The van der Waals surface area contributed by atoms with E-state index in [4.69, 9.17) is 16.3 Å². The Bertz CT molecular complexity index is 892. The van der Waals surface area contributed by atoms with E-state index in [1.165, 1.54) is 6.20 Å². The SMILES string of the molecule is CC(C)COC1CCN(c2cnn(-c3ccc(C(F)(F)F)cn3)c(=O)c2Cl)CC1. The number of piperidine rings is 1. The molecule has 0 bridgehead atoms. The molecule has 1 fully saturated rings. The Hall–Kier alpha value is -2.13. The minimum atomic E-state index is -4.50. The third-order valence-corrected chi connectivity index (χ3v) is 5.00. The Morgan fingerprint density at radius 1 is 1.24 bits per heavy atom. The van der Waals surface area contributed by atoms with Crippen LogP contribution in [0.5, 0.6) is 0 Å². The second kappa shape index (κ2) is 8.71. The first kappa shape index (κ1) is 21.6. The zero-order valence-electron chi connectivity index (χ0n) is 16.1. The Morgan fingerprint density at radius 2 is 1.93 bits per heavy atom. The summed E-state index contributed by atoms with van der Waals surface area (Å²) in [4.78, 5) is 18.3. The maximum atomic E-state index is 12.7. The Kier molecular flexibility index (Phi) is 6.48. The van der Waals surface area contributed by atoms with E-state index in [0.717, 1.165) is 29.7 Å². The van der Waals surface area contributed by atoms with Crippen molar-refractivity contribution >= 4 is 17.3 Å². The van der Waals surface area contributed by atoms with Crippen molar-refractivity contribution in [1.82, 2.24) is 14.8 Å². The van der Waals surface area contributed by atoms with E-state index in [-0.39, 0.29) is 16.9 Å². The first-order valence-electron chi connectivity index (χ1n) is 9.35. The van der Waals surface area contributed by atoms with Crippen molar-refractivity contribution < 1.29 is 17.9 Å². The Labute approximate surface area is 171 Å². The molecule has 0 saturated carbocycles. The fraction of sp³-hybridized carbons (Fsp3) is 0.526. The molecule has 3 rings (SSSR count). The fourth-order valence-electron chi connectivity index (χ4n) is 3.08. The van der Waals surface area contributed by atoms with E-state index in [1.807, 2.05) is 4.90 Å². The van der Waals surface area contributed by atoms with Crippen LogP contribution in [0.4, 0.5) is 18.9 Å². The van der Waals surface area contributed by atoms with Gasteiger partial charge in [0.05, 0.1) is 23.6 Å². The van der Waals surface area contributed by atoms with E-state index in [2.05, 4.69) is 23.9 Å². The molecule has 29 heavy (non-hydrogen) atoms. The van der Waals surface area contributed by atoms with Gasteiger partial charge in [-0.05, 0) is 30.9 Å². The highest BCUT2D eigenvalue weighted by Crippen LogP contribution is 2.29. The van der Waals surface area contributed by atoms with Crippen molar-refractivity contribution in [3.63, 3.8) is 0 Å². The van der Waals surface area contributed by atoms with Crippen molar-refractivity contribution in [3.8, 4) is 5.82 Å².